The summed E-state index contributed by atoms with van der Waals surface area (Å²) in [6.07, 6.45) is 7.13. The predicted molar refractivity (Wildman–Crippen MR) is 94.7 cm³/mol. The van der Waals surface area contributed by atoms with Crippen LogP contribution in [-0.2, 0) is 0 Å². The molecular formula is C19H17F10P. The third kappa shape index (κ3) is 5.45. The Morgan fingerprint density at radius 3 is 1.00 bits per heavy atom. The molecule has 2 aromatic carbocycles. The second-order valence-corrected chi connectivity index (χ2v) is 7.49. The quantitative estimate of drug-likeness (QED) is 0.135. The Morgan fingerprint density at radius 1 is 0.433 bits per heavy atom. The molecule has 0 aliphatic heterocycles. The molecule has 1 unspecified atom stereocenters. The molecule has 1 atom stereocenters. The molecule has 0 spiro atoms. The van der Waals surface area contributed by atoms with Crippen molar-refractivity contribution in [3.63, 3.8) is 0 Å². The Kier molecular flexibility index (Phi) is 10.1. The number of halogens is 10. The maximum Gasteiger partial charge on any atom is 0.200 e. The largest absolute Gasteiger partial charge is 0.203 e. The van der Waals surface area contributed by atoms with Gasteiger partial charge < -0.3 is 0 Å². The van der Waals surface area contributed by atoms with Gasteiger partial charge in [-0.1, -0.05) is 26.7 Å². The van der Waals surface area contributed by atoms with Crippen molar-refractivity contribution in [1.29, 1.82) is 0 Å². The van der Waals surface area contributed by atoms with E-state index in [2.05, 4.69) is 13.8 Å². The highest BCUT2D eigenvalue weighted by molar-refractivity contribution is 7.37. The van der Waals surface area contributed by atoms with Gasteiger partial charge >= 0.3 is 0 Å². The zero-order valence-corrected chi connectivity index (χ0v) is 16.8. The highest BCUT2D eigenvalue weighted by Crippen LogP contribution is 2.37. The van der Waals surface area contributed by atoms with Crippen molar-refractivity contribution in [2.75, 3.05) is 12.3 Å². The van der Waals surface area contributed by atoms with Crippen molar-refractivity contribution >= 4 is 8.58 Å². The van der Waals surface area contributed by atoms with Crippen LogP contribution in [0.1, 0.15) is 33.1 Å². The Bertz CT molecular complexity index is 766. The van der Waals surface area contributed by atoms with Gasteiger partial charge in [-0.25, -0.2) is 43.9 Å². The second kappa shape index (κ2) is 11.5. The average Bonchev–Trinajstić information content (AvgIpc) is 2.74. The van der Waals surface area contributed by atoms with E-state index in [4.69, 9.17) is 0 Å². The molecule has 0 heterocycles. The Hall–Kier alpha value is -1.83. The van der Waals surface area contributed by atoms with Crippen molar-refractivity contribution in [3.8, 4) is 11.1 Å². The summed E-state index contributed by atoms with van der Waals surface area (Å²) in [5, 5.41) is 0. The topological polar surface area (TPSA) is 0 Å². The van der Waals surface area contributed by atoms with Crippen molar-refractivity contribution < 1.29 is 43.9 Å². The molecule has 0 nitrogen and oxygen atoms in total. The van der Waals surface area contributed by atoms with E-state index in [1.165, 1.54) is 40.2 Å². The fourth-order valence-corrected chi connectivity index (χ4v) is 3.46. The van der Waals surface area contributed by atoms with Gasteiger partial charge in [-0.15, -0.1) is 8.58 Å². The van der Waals surface area contributed by atoms with E-state index in [0.29, 0.717) is 0 Å². The van der Waals surface area contributed by atoms with Crippen LogP contribution in [0.4, 0.5) is 43.9 Å². The lowest BCUT2D eigenvalue weighted by Gasteiger charge is -2.11. The zero-order valence-electron chi connectivity index (χ0n) is 15.8. The van der Waals surface area contributed by atoms with Crippen LogP contribution in [0.5, 0.6) is 0 Å². The monoisotopic (exact) mass is 466 g/mol. The summed E-state index contributed by atoms with van der Waals surface area (Å²) in [5.41, 5.74) is -4.52. The van der Waals surface area contributed by atoms with Gasteiger partial charge in [0.25, 0.3) is 0 Å². The minimum Gasteiger partial charge on any atom is -0.203 e. The molecule has 0 aromatic heterocycles. The highest BCUT2D eigenvalue weighted by Gasteiger charge is 2.34. The average molecular weight is 466 g/mol. The summed E-state index contributed by atoms with van der Waals surface area (Å²) in [6.45, 7) is 4.52. The lowest BCUT2D eigenvalue weighted by atomic mass is 10.0. The molecule has 30 heavy (non-hydrogen) atoms. The molecule has 0 amide bonds. The van der Waals surface area contributed by atoms with Crippen LogP contribution in [0.3, 0.4) is 0 Å². The first-order valence-corrected chi connectivity index (χ1v) is 10.2. The van der Waals surface area contributed by atoms with Crippen LogP contribution in [0.2, 0.25) is 0 Å². The fourth-order valence-electron chi connectivity index (χ4n) is 2.25. The number of benzene rings is 2. The molecular weight excluding hydrogens is 449 g/mol. The van der Waals surface area contributed by atoms with Crippen LogP contribution >= 0.6 is 8.58 Å². The maximum atomic E-state index is 13.4. The van der Waals surface area contributed by atoms with E-state index < -0.39 is 69.3 Å². The van der Waals surface area contributed by atoms with Gasteiger partial charge in [0.15, 0.2) is 46.5 Å². The first kappa shape index (κ1) is 26.2. The van der Waals surface area contributed by atoms with E-state index >= 15 is 0 Å². The van der Waals surface area contributed by atoms with Crippen LogP contribution in [0.25, 0.3) is 11.1 Å². The fraction of sp³-hybridized carbons (Fsp3) is 0.368. The van der Waals surface area contributed by atoms with E-state index in [9.17, 15) is 43.9 Å². The number of hydrogen-bond donors (Lipinski definition) is 0. The third-order valence-electron chi connectivity index (χ3n) is 3.80. The van der Waals surface area contributed by atoms with Crippen LogP contribution < -0.4 is 0 Å². The SMILES string of the molecule is CCCCPCCC.Fc1c(F)c(F)c(-c2c(F)c(F)c(F)c(F)c2F)c(F)c1F. The summed E-state index contributed by atoms with van der Waals surface area (Å²) in [4.78, 5) is 0. The minimum atomic E-state index is -2.68. The van der Waals surface area contributed by atoms with Gasteiger partial charge in [-0.3, -0.25) is 0 Å². The molecule has 0 saturated heterocycles. The molecule has 168 valence electrons. The van der Waals surface area contributed by atoms with Crippen LogP contribution in [-0.4, -0.2) is 12.3 Å². The molecule has 0 aliphatic rings. The summed E-state index contributed by atoms with van der Waals surface area (Å²) >= 11 is 0. The standard InChI is InChI=1S/C12F10.C7H17P/c13-3-1(4(14)8(18)11(21)7(3)17)2-5(15)9(19)12(22)10(20)6(2)16;1-3-5-7-8-6-4-2/h;8H,3-7H2,1-2H3. The van der Waals surface area contributed by atoms with Gasteiger partial charge in [-0.2, -0.15) is 0 Å². The van der Waals surface area contributed by atoms with Gasteiger partial charge in [0.2, 0.25) is 11.6 Å². The summed E-state index contributed by atoms with van der Waals surface area (Å²) in [7, 11) is 1.24. The van der Waals surface area contributed by atoms with Gasteiger partial charge in [-0.05, 0) is 18.7 Å². The third-order valence-corrected chi connectivity index (χ3v) is 5.36. The molecule has 0 fully saturated rings. The summed E-state index contributed by atoms with van der Waals surface area (Å²) in [5.74, 6) is -26.6. The Morgan fingerprint density at radius 2 is 0.733 bits per heavy atom. The molecule has 2 rings (SSSR count). The molecule has 0 N–H and O–H groups in total. The predicted octanol–water partition coefficient (Wildman–Crippen LogP) is 7.62. The van der Waals surface area contributed by atoms with Gasteiger partial charge in [0.1, 0.15) is 0 Å². The van der Waals surface area contributed by atoms with E-state index in [1.54, 1.807) is 0 Å². The second-order valence-electron chi connectivity index (χ2n) is 5.99. The molecule has 11 heteroatoms. The van der Waals surface area contributed by atoms with Crippen LogP contribution in [0, 0.1) is 58.2 Å². The maximum absolute atomic E-state index is 13.4. The number of hydrogen-bond acceptors (Lipinski definition) is 0. The molecule has 0 aliphatic carbocycles. The highest BCUT2D eigenvalue weighted by atomic mass is 31.1. The lowest BCUT2D eigenvalue weighted by molar-refractivity contribution is 0.370. The lowest BCUT2D eigenvalue weighted by Crippen LogP contribution is -2.10. The van der Waals surface area contributed by atoms with Crippen molar-refractivity contribution in [1.82, 2.24) is 0 Å². The van der Waals surface area contributed by atoms with Gasteiger partial charge in [0, 0.05) is 0 Å². The van der Waals surface area contributed by atoms with E-state index in [1.807, 2.05) is 0 Å². The summed E-state index contributed by atoms with van der Waals surface area (Å²) < 4.78 is 131. The normalized spacial score (nSPS) is 11.2. The van der Waals surface area contributed by atoms with Gasteiger partial charge in [0.05, 0.1) is 11.1 Å². The molecule has 0 bridgehead atoms. The number of rotatable bonds is 6. The van der Waals surface area contributed by atoms with Crippen molar-refractivity contribution in [3.05, 3.63) is 58.2 Å². The van der Waals surface area contributed by atoms with Crippen molar-refractivity contribution in [2.24, 2.45) is 0 Å². The van der Waals surface area contributed by atoms with E-state index in [-0.39, 0.29) is 0 Å². The first-order chi connectivity index (χ1) is 14.0. The first-order valence-electron chi connectivity index (χ1n) is 8.76. The minimum absolute atomic E-state index is 1.24. The number of unbranched alkanes of at least 4 members (excludes halogenated alkanes) is 1. The molecule has 0 saturated carbocycles. The van der Waals surface area contributed by atoms with Crippen molar-refractivity contribution in [2.45, 2.75) is 33.1 Å². The Labute approximate surface area is 168 Å². The smallest absolute Gasteiger partial charge is 0.200 e. The van der Waals surface area contributed by atoms with E-state index in [0.717, 1.165) is 0 Å². The Balaban J connectivity index is 0.000000479. The summed E-state index contributed by atoms with van der Waals surface area (Å²) in [6, 6.07) is 0. The molecule has 2 aromatic rings. The molecule has 0 radical (unpaired) electrons. The van der Waals surface area contributed by atoms with Crippen LogP contribution in [0.15, 0.2) is 0 Å². The zero-order chi connectivity index (χ0) is 23.2.